The molecule has 148 valence electrons. The molecule has 6 heteroatoms. The van der Waals surface area contributed by atoms with Crippen molar-refractivity contribution in [3.63, 3.8) is 0 Å². The lowest BCUT2D eigenvalue weighted by Crippen LogP contribution is -2.43. The van der Waals surface area contributed by atoms with Gasteiger partial charge in [0.15, 0.2) is 0 Å². The van der Waals surface area contributed by atoms with Crippen LogP contribution in [-0.4, -0.2) is 9.13 Å². The van der Waals surface area contributed by atoms with Crippen LogP contribution in [0.1, 0.15) is 23.6 Å². The molecule has 0 saturated carbocycles. The van der Waals surface area contributed by atoms with Crippen molar-refractivity contribution in [3.8, 4) is 0 Å². The van der Waals surface area contributed by atoms with Gasteiger partial charge in [-0.15, -0.1) is 0 Å². The first-order chi connectivity index (χ1) is 14.1. The molecule has 1 unspecified atom stereocenters. The average Bonchev–Trinajstić information content (AvgIpc) is 2.92. The first-order valence-corrected chi connectivity index (χ1v) is 9.65. The van der Waals surface area contributed by atoms with Crippen LogP contribution in [0.3, 0.4) is 0 Å². The van der Waals surface area contributed by atoms with Gasteiger partial charge in [0, 0.05) is 32.5 Å². The Morgan fingerprint density at radius 1 is 0.931 bits per heavy atom. The highest BCUT2D eigenvalue weighted by Gasteiger charge is 2.28. The molecule has 0 saturated heterocycles. The smallest absolute Gasteiger partial charge is 0.332 e. The minimum Gasteiger partial charge on any atom is -0.378 e. The zero-order valence-corrected chi connectivity index (χ0v) is 16.6. The SMILES string of the molecule is Cn1c2c(c(=O)n(C)c1=O)C(Nc1ccccc1)CC=CN2Cc1ccccc1. The van der Waals surface area contributed by atoms with Crippen molar-refractivity contribution in [1.29, 1.82) is 0 Å². The maximum Gasteiger partial charge on any atom is 0.332 e. The van der Waals surface area contributed by atoms with E-state index in [9.17, 15) is 9.59 Å². The van der Waals surface area contributed by atoms with Gasteiger partial charge in [0.05, 0.1) is 11.6 Å². The van der Waals surface area contributed by atoms with Gasteiger partial charge in [-0.25, -0.2) is 4.79 Å². The van der Waals surface area contributed by atoms with Crippen LogP contribution in [0.25, 0.3) is 0 Å². The van der Waals surface area contributed by atoms with Crippen molar-refractivity contribution < 1.29 is 0 Å². The minimum atomic E-state index is -0.333. The first-order valence-electron chi connectivity index (χ1n) is 9.65. The second kappa shape index (κ2) is 7.83. The van der Waals surface area contributed by atoms with Crippen molar-refractivity contribution in [2.45, 2.75) is 19.0 Å². The molecular formula is C23H24N4O2. The quantitative estimate of drug-likeness (QED) is 0.746. The number of para-hydroxylation sites is 1. The highest BCUT2D eigenvalue weighted by molar-refractivity contribution is 5.56. The second-order valence-electron chi connectivity index (χ2n) is 7.24. The molecule has 0 bridgehead atoms. The predicted molar refractivity (Wildman–Crippen MR) is 116 cm³/mol. The first kappa shape index (κ1) is 18.8. The van der Waals surface area contributed by atoms with Gasteiger partial charge < -0.3 is 10.2 Å². The lowest BCUT2D eigenvalue weighted by atomic mass is 10.1. The summed E-state index contributed by atoms with van der Waals surface area (Å²) in [4.78, 5) is 27.9. The Balaban J connectivity index is 1.85. The molecule has 0 aliphatic carbocycles. The molecule has 1 aliphatic rings. The maximum atomic E-state index is 13.2. The Kier molecular flexibility index (Phi) is 5.08. The van der Waals surface area contributed by atoms with Crippen LogP contribution >= 0.6 is 0 Å². The standard InChI is InChI=1S/C23H24N4O2/c1-25-21-20(22(28)26(2)23(25)29)19(24-18-12-7-4-8-13-18)14-9-15-27(21)16-17-10-5-3-6-11-17/h3-13,15,19,24H,14,16H2,1-2H3. The molecule has 6 nitrogen and oxygen atoms in total. The molecule has 0 fully saturated rings. The number of hydrogen-bond acceptors (Lipinski definition) is 4. The number of rotatable bonds is 4. The van der Waals surface area contributed by atoms with Gasteiger partial charge in [0.2, 0.25) is 0 Å². The third kappa shape index (κ3) is 3.61. The topological polar surface area (TPSA) is 59.3 Å². The maximum absolute atomic E-state index is 13.2. The highest BCUT2D eigenvalue weighted by Crippen LogP contribution is 2.31. The Morgan fingerprint density at radius 2 is 1.59 bits per heavy atom. The van der Waals surface area contributed by atoms with Crippen LogP contribution in [0.2, 0.25) is 0 Å². The Bertz CT molecular complexity index is 1150. The molecule has 0 radical (unpaired) electrons. The largest absolute Gasteiger partial charge is 0.378 e. The van der Waals surface area contributed by atoms with Gasteiger partial charge in [0.25, 0.3) is 5.56 Å². The number of fused-ring (bicyclic) bond motifs is 1. The monoisotopic (exact) mass is 388 g/mol. The molecule has 29 heavy (non-hydrogen) atoms. The number of benzene rings is 2. The summed E-state index contributed by atoms with van der Waals surface area (Å²) in [6, 6.07) is 19.6. The number of aromatic nitrogens is 2. The zero-order valence-electron chi connectivity index (χ0n) is 16.6. The molecular weight excluding hydrogens is 364 g/mol. The van der Waals surface area contributed by atoms with E-state index in [1.165, 1.54) is 11.6 Å². The van der Waals surface area contributed by atoms with Gasteiger partial charge in [-0.3, -0.25) is 13.9 Å². The summed E-state index contributed by atoms with van der Waals surface area (Å²) in [5, 5.41) is 3.47. The van der Waals surface area contributed by atoms with Crippen LogP contribution < -0.4 is 21.5 Å². The van der Waals surface area contributed by atoms with E-state index in [0.717, 1.165) is 11.3 Å². The molecule has 0 amide bonds. The molecule has 1 aromatic heterocycles. The van der Waals surface area contributed by atoms with Gasteiger partial charge in [-0.1, -0.05) is 54.6 Å². The summed E-state index contributed by atoms with van der Waals surface area (Å²) in [5.41, 5.74) is 2.04. The van der Waals surface area contributed by atoms with Crippen molar-refractivity contribution >= 4 is 11.5 Å². The molecule has 0 spiro atoms. The average molecular weight is 388 g/mol. The molecule has 3 aromatic rings. The van der Waals surface area contributed by atoms with E-state index in [-0.39, 0.29) is 17.3 Å². The normalized spacial score (nSPS) is 15.7. The van der Waals surface area contributed by atoms with Crippen molar-refractivity contribution in [2.24, 2.45) is 14.1 Å². The number of hydrogen-bond donors (Lipinski definition) is 1. The Hall–Kier alpha value is -3.54. The van der Waals surface area contributed by atoms with Crippen LogP contribution in [0.4, 0.5) is 11.5 Å². The van der Waals surface area contributed by atoms with E-state index in [0.29, 0.717) is 24.3 Å². The van der Waals surface area contributed by atoms with Gasteiger partial charge in [0.1, 0.15) is 5.82 Å². The summed E-state index contributed by atoms with van der Waals surface area (Å²) >= 11 is 0. The summed E-state index contributed by atoms with van der Waals surface area (Å²) in [7, 11) is 3.25. The fraction of sp³-hybridized carbons (Fsp3) is 0.217. The third-order valence-corrected chi connectivity index (χ3v) is 5.26. The molecule has 4 rings (SSSR count). The summed E-state index contributed by atoms with van der Waals surface area (Å²) in [5.74, 6) is 0.629. The molecule has 1 aliphatic heterocycles. The number of nitrogens with zero attached hydrogens (tertiary/aromatic N) is 3. The minimum absolute atomic E-state index is 0.241. The van der Waals surface area contributed by atoms with Crippen LogP contribution in [0.5, 0.6) is 0 Å². The fourth-order valence-corrected chi connectivity index (χ4v) is 3.80. The van der Waals surface area contributed by atoms with Crippen molar-refractivity contribution in [2.75, 3.05) is 10.2 Å². The van der Waals surface area contributed by atoms with E-state index >= 15 is 0 Å². The molecule has 2 heterocycles. The van der Waals surface area contributed by atoms with Gasteiger partial charge >= 0.3 is 5.69 Å². The van der Waals surface area contributed by atoms with Gasteiger partial charge in [-0.2, -0.15) is 0 Å². The second-order valence-corrected chi connectivity index (χ2v) is 7.24. The van der Waals surface area contributed by atoms with E-state index in [2.05, 4.69) is 5.32 Å². The fourth-order valence-electron chi connectivity index (χ4n) is 3.80. The summed E-state index contributed by atoms with van der Waals surface area (Å²) in [6.07, 6.45) is 4.66. The summed E-state index contributed by atoms with van der Waals surface area (Å²) in [6.45, 7) is 0.572. The Labute approximate surface area is 169 Å². The lowest BCUT2D eigenvalue weighted by molar-refractivity contribution is 0.643. The zero-order chi connectivity index (χ0) is 20.4. The van der Waals surface area contributed by atoms with Crippen molar-refractivity contribution in [3.05, 3.63) is 105 Å². The predicted octanol–water partition coefficient (Wildman–Crippen LogP) is 3.16. The number of nitrogens with one attached hydrogen (secondary N) is 1. The van der Waals surface area contributed by atoms with Crippen LogP contribution in [0.15, 0.2) is 82.5 Å². The van der Waals surface area contributed by atoms with E-state index in [1.54, 1.807) is 11.6 Å². The van der Waals surface area contributed by atoms with E-state index in [4.69, 9.17) is 0 Å². The van der Waals surface area contributed by atoms with Crippen LogP contribution in [-0.2, 0) is 20.6 Å². The molecule has 2 aromatic carbocycles. The molecule has 1 N–H and O–H groups in total. The molecule has 1 atom stereocenters. The highest BCUT2D eigenvalue weighted by atomic mass is 16.2. The van der Waals surface area contributed by atoms with Gasteiger partial charge in [-0.05, 0) is 24.1 Å². The van der Waals surface area contributed by atoms with Crippen molar-refractivity contribution in [1.82, 2.24) is 9.13 Å². The van der Waals surface area contributed by atoms with E-state index < -0.39 is 0 Å². The lowest BCUT2D eigenvalue weighted by Gasteiger charge is -2.27. The summed E-state index contributed by atoms with van der Waals surface area (Å²) < 4.78 is 2.75. The number of anilines is 2. The third-order valence-electron chi connectivity index (χ3n) is 5.26. The van der Waals surface area contributed by atoms with Crippen LogP contribution in [0, 0.1) is 0 Å². The van der Waals surface area contributed by atoms with E-state index in [1.807, 2.05) is 77.8 Å². The Morgan fingerprint density at radius 3 is 2.28 bits per heavy atom.